The summed E-state index contributed by atoms with van der Waals surface area (Å²) in [6, 6.07) is 11.7. The molecule has 1 aliphatic rings. The van der Waals surface area contributed by atoms with Crippen LogP contribution in [-0.2, 0) is 11.3 Å². The second kappa shape index (κ2) is 7.86. The largest absolute Gasteiger partial charge is 0.376 e. The first-order valence-corrected chi connectivity index (χ1v) is 11.1. The minimum absolute atomic E-state index is 0.0120. The molecule has 4 heterocycles. The zero-order chi connectivity index (χ0) is 23.4. The van der Waals surface area contributed by atoms with Gasteiger partial charge >= 0.3 is 0 Å². The van der Waals surface area contributed by atoms with E-state index >= 15 is 0 Å². The summed E-state index contributed by atoms with van der Waals surface area (Å²) in [5.74, 6) is 0. The number of nitro groups is 1. The number of para-hydroxylation sites is 2. The first-order valence-electron chi connectivity index (χ1n) is 10.7. The average molecular weight is 477 g/mol. The Labute approximate surface area is 196 Å². The summed E-state index contributed by atoms with van der Waals surface area (Å²) in [7, 11) is 0. The highest BCUT2D eigenvalue weighted by Gasteiger charge is 2.24. The SMILES string of the molecule is O=c1c2c3nc4ccccc4nc3n(-c3ccc(Cl)c([N+](=O)[O-])c3)c2ncn1C[C@@H]1CCCO1. The van der Waals surface area contributed by atoms with Gasteiger partial charge in [-0.2, -0.15) is 0 Å². The first kappa shape index (κ1) is 20.7. The topological polar surface area (TPSA) is 118 Å². The molecule has 1 saturated heterocycles. The second-order valence-corrected chi connectivity index (χ2v) is 8.56. The summed E-state index contributed by atoms with van der Waals surface area (Å²) >= 11 is 6.03. The van der Waals surface area contributed by atoms with Crippen molar-refractivity contribution < 1.29 is 9.66 Å². The predicted octanol–water partition coefficient (Wildman–Crippen LogP) is 4.02. The fourth-order valence-corrected chi connectivity index (χ4v) is 4.62. The molecular weight excluding hydrogens is 460 g/mol. The lowest BCUT2D eigenvalue weighted by Gasteiger charge is -2.11. The molecule has 6 rings (SSSR count). The number of fused-ring (bicyclic) bond motifs is 4. The molecular formula is C23H17ClN6O4. The second-order valence-electron chi connectivity index (χ2n) is 8.15. The highest BCUT2D eigenvalue weighted by atomic mass is 35.5. The Morgan fingerprint density at radius 1 is 1.15 bits per heavy atom. The Morgan fingerprint density at radius 2 is 1.94 bits per heavy atom. The van der Waals surface area contributed by atoms with Gasteiger partial charge in [-0.05, 0) is 37.1 Å². The van der Waals surface area contributed by atoms with Crippen molar-refractivity contribution in [3.8, 4) is 5.69 Å². The number of nitrogens with zero attached hydrogens (tertiary/aromatic N) is 6. The number of ether oxygens (including phenoxy) is 1. The highest BCUT2D eigenvalue weighted by molar-refractivity contribution is 6.32. The highest BCUT2D eigenvalue weighted by Crippen LogP contribution is 2.32. The van der Waals surface area contributed by atoms with Crippen LogP contribution in [0, 0.1) is 10.1 Å². The number of halogens is 1. The molecule has 0 bridgehead atoms. The molecule has 1 atom stereocenters. The van der Waals surface area contributed by atoms with Gasteiger partial charge in [0.1, 0.15) is 22.3 Å². The fourth-order valence-electron chi connectivity index (χ4n) is 4.43. The number of hydrogen-bond donors (Lipinski definition) is 0. The van der Waals surface area contributed by atoms with Gasteiger partial charge in [0.2, 0.25) is 0 Å². The molecule has 0 amide bonds. The van der Waals surface area contributed by atoms with Gasteiger partial charge in [0, 0.05) is 12.7 Å². The van der Waals surface area contributed by atoms with Gasteiger partial charge < -0.3 is 4.74 Å². The summed E-state index contributed by atoms with van der Waals surface area (Å²) in [4.78, 5) is 38.6. The van der Waals surface area contributed by atoms with Crippen molar-refractivity contribution >= 4 is 50.5 Å². The van der Waals surface area contributed by atoms with E-state index in [2.05, 4.69) is 4.98 Å². The summed E-state index contributed by atoms with van der Waals surface area (Å²) in [6.07, 6.45) is 3.27. The van der Waals surface area contributed by atoms with Crippen molar-refractivity contribution in [1.82, 2.24) is 24.1 Å². The van der Waals surface area contributed by atoms with Crippen LogP contribution in [0.25, 0.3) is 38.9 Å². The van der Waals surface area contributed by atoms with Crippen LogP contribution in [0.2, 0.25) is 5.02 Å². The standard InChI is InChI=1S/C23H17ClN6O4/c24-15-8-7-13(10-18(15)30(32)33)29-21-19(20-22(29)27-17-6-2-1-5-16(17)26-20)23(31)28(12-25-21)11-14-4-3-9-34-14/h1-2,5-8,10,12,14H,3-4,9,11H2/t14-/m0/s1. The van der Waals surface area contributed by atoms with Crippen molar-refractivity contribution in [2.24, 2.45) is 0 Å². The van der Waals surface area contributed by atoms with Crippen LogP contribution >= 0.6 is 11.6 Å². The van der Waals surface area contributed by atoms with E-state index in [0.29, 0.717) is 52.1 Å². The van der Waals surface area contributed by atoms with Crippen LogP contribution in [0.1, 0.15) is 12.8 Å². The molecule has 0 saturated carbocycles. The van der Waals surface area contributed by atoms with E-state index in [-0.39, 0.29) is 22.4 Å². The molecule has 0 unspecified atom stereocenters. The Balaban J connectivity index is 1.68. The molecule has 11 heteroatoms. The summed E-state index contributed by atoms with van der Waals surface area (Å²) in [5, 5.41) is 11.8. The third kappa shape index (κ3) is 3.22. The summed E-state index contributed by atoms with van der Waals surface area (Å²) in [5.41, 5.74) is 2.22. The number of rotatable bonds is 4. The maximum Gasteiger partial charge on any atom is 0.289 e. The van der Waals surface area contributed by atoms with E-state index in [1.165, 1.54) is 23.0 Å². The molecule has 0 N–H and O–H groups in total. The minimum Gasteiger partial charge on any atom is -0.376 e. The first-order chi connectivity index (χ1) is 16.5. The monoisotopic (exact) mass is 476 g/mol. The van der Waals surface area contributed by atoms with Crippen molar-refractivity contribution in [2.45, 2.75) is 25.5 Å². The van der Waals surface area contributed by atoms with Crippen molar-refractivity contribution in [2.75, 3.05) is 6.61 Å². The maximum absolute atomic E-state index is 13.6. The molecule has 170 valence electrons. The fraction of sp³-hybridized carbons (Fsp3) is 0.217. The Kier molecular flexibility index (Phi) is 4.78. The van der Waals surface area contributed by atoms with Crippen molar-refractivity contribution in [3.05, 3.63) is 74.3 Å². The predicted molar refractivity (Wildman–Crippen MR) is 127 cm³/mol. The zero-order valence-electron chi connectivity index (χ0n) is 17.7. The molecule has 0 aliphatic carbocycles. The Morgan fingerprint density at radius 3 is 2.68 bits per heavy atom. The van der Waals surface area contributed by atoms with Gasteiger partial charge in [-0.3, -0.25) is 24.0 Å². The van der Waals surface area contributed by atoms with Gasteiger partial charge in [0.05, 0.1) is 34.3 Å². The van der Waals surface area contributed by atoms with Crippen molar-refractivity contribution in [3.63, 3.8) is 0 Å². The Bertz CT molecular complexity index is 1670. The Hall–Kier alpha value is -3.89. The van der Waals surface area contributed by atoms with Crippen LogP contribution in [0.4, 0.5) is 5.69 Å². The molecule has 1 aliphatic heterocycles. The van der Waals surface area contributed by atoms with E-state index in [1.54, 1.807) is 10.6 Å². The molecule has 1 fully saturated rings. The van der Waals surface area contributed by atoms with Gasteiger partial charge in [0.25, 0.3) is 11.2 Å². The maximum atomic E-state index is 13.6. The van der Waals surface area contributed by atoms with E-state index in [9.17, 15) is 14.9 Å². The van der Waals surface area contributed by atoms with Crippen LogP contribution < -0.4 is 5.56 Å². The lowest BCUT2D eigenvalue weighted by Crippen LogP contribution is -2.26. The van der Waals surface area contributed by atoms with Crippen LogP contribution in [0.3, 0.4) is 0 Å². The third-order valence-corrected chi connectivity index (χ3v) is 6.36. The average Bonchev–Trinajstić information content (AvgIpc) is 3.45. The van der Waals surface area contributed by atoms with E-state index < -0.39 is 4.92 Å². The van der Waals surface area contributed by atoms with Crippen LogP contribution in [0.5, 0.6) is 0 Å². The number of benzene rings is 2. The van der Waals surface area contributed by atoms with Crippen molar-refractivity contribution in [1.29, 1.82) is 0 Å². The molecule has 2 aromatic carbocycles. The van der Waals surface area contributed by atoms with Crippen LogP contribution in [0.15, 0.2) is 53.6 Å². The smallest absolute Gasteiger partial charge is 0.289 e. The van der Waals surface area contributed by atoms with Gasteiger partial charge in [-0.1, -0.05) is 23.7 Å². The van der Waals surface area contributed by atoms with Gasteiger partial charge in [-0.15, -0.1) is 0 Å². The van der Waals surface area contributed by atoms with Gasteiger partial charge in [-0.25, -0.2) is 15.0 Å². The van der Waals surface area contributed by atoms with Gasteiger partial charge in [0.15, 0.2) is 11.3 Å². The minimum atomic E-state index is -0.553. The lowest BCUT2D eigenvalue weighted by molar-refractivity contribution is -0.384. The lowest BCUT2D eigenvalue weighted by atomic mass is 10.2. The molecule has 0 spiro atoms. The quantitative estimate of drug-likeness (QED) is 0.284. The number of hydrogen-bond acceptors (Lipinski definition) is 7. The zero-order valence-corrected chi connectivity index (χ0v) is 18.5. The van der Waals surface area contributed by atoms with E-state index in [4.69, 9.17) is 26.3 Å². The molecule has 3 aromatic heterocycles. The molecule has 0 radical (unpaired) electrons. The third-order valence-electron chi connectivity index (χ3n) is 6.04. The van der Waals surface area contributed by atoms with E-state index in [1.807, 2.05) is 24.3 Å². The number of aromatic nitrogens is 5. The van der Waals surface area contributed by atoms with Crippen LogP contribution in [-0.4, -0.2) is 41.7 Å². The summed E-state index contributed by atoms with van der Waals surface area (Å²) < 4.78 is 8.84. The molecule has 5 aromatic rings. The molecule has 34 heavy (non-hydrogen) atoms. The normalized spacial score (nSPS) is 16.1. The van der Waals surface area contributed by atoms with E-state index in [0.717, 1.165) is 12.8 Å². The number of nitro benzene ring substituents is 1. The molecule has 10 nitrogen and oxygen atoms in total. The summed E-state index contributed by atoms with van der Waals surface area (Å²) in [6.45, 7) is 1.07.